The maximum Gasteiger partial charge on any atom is 0.119 e. The van der Waals surface area contributed by atoms with Crippen LogP contribution in [0.4, 0.5) is 0 Å². The maximum atomic E-state index is 5.91. The van der Waals surface area contributed by atoms with Crippen molar-refractivity contribution in [3.8, 4) is 17.0 Å². The van der Waals surface area contributed by atoms with E-state index in [9.17, 15) is 0 Å². The van der Waals surface area contributed by atoms with Crippen LogP contribution in [-0.2, 0) is 11.2 Å². The van der Waals surface area contributed by atoms with Gasteiger partial charge in [-0.25, -0.2) is 0 Å². The van der Waals surface area contributed by atoms with Gasteiger partial charge in [0.15, 0.2) is 0 Å². The van der Waals surface area contributed by atoms with Crippen LogP contribution < -0.4 is 4.74 Å². The molecule has 33 heavy (non-hydrogen) atoms. The molecule has 0 saturated carbocycles. The molecule has 1 aromatic heterocycles. The van der Waals surface area contributed by atoms with Crippen molar-refractivity contribution in [2.24, 2.45) is 0 Å². The second kappa shape index (κ2) is 18.5. The highest BCUT2D eigenvalue weighted by Crippen LogP contribution is 2.21. The molecule has 0 fully saturated rings. The second-order valence-corrected chi connectivity index (χ2v) is 9.18. The van der Waals surface area contributed by atoms with Crippen molar-refractivity contribution in [3.05, 3.63) is 48.2 Å². The molecule has 0 aliphatic rings. The van der Waals surface area contributed by atoms with Crippen molar-refractivity contribution in [1.29, 1.82) is 0 Å². The number of aromatic nitrogens is 1. The first-order valence-corrected chi connectivity index (χ1v) is 13.6. The van der Waals surface area contributed by atoms with Crippen molar-refractivity contribution < 1.29 is 9.47 Å². The van der Waals surface area contributed by atoms with Gasteiger partial charge in [-0.2, -0.15) is 0 Å². The van der Waals surface area contributed by atoms with Crippen LogP contribution in [0.25, 0.3) is 11.3 Å². The Morgan fingerprint density at radius 3 is 1.85 bits per heavy atom. The van der Waals surface area contributed by atoms with E-state index < -0.39 is 0 Å². The molecule has 3 heteroatoms. The van der Waals surface area contributed by atoms with Gasteiger partial charge < -0.3 is 9.47 Å². The zero-order valence-corrected chi connectivity index (χ0v) is 21.3. The number of unbranched alkanes of at least 4 members (excludes halogenated alkanes) is 10. The molecule has 3 nitrogen and oxygen atoms in total. The van der Waals surface area contributed by atoms with E-state index in [1.54, 1.807) is 0 Å². The molecule has 0 bridgehead atoms. The summed E-state index contributed by atoms with van der Waals surface area (Å²) in [5, 5.41) is 0. The summed E-state index contributed by atoms with van der Waals surface area (Å²) in [6.07, 6.45) is 19.7. The average Bonchev–Trinajstić information content (AvgIpc) is 2.85. The summed E-state index contributed by atoms with van der Waals surface area (Å²) in [5.41, 5.74) is 3.43. The van der Waals surface area contributed by atoms with Crippen molar-refractivity contribution in [2.75, 3.05) is 19.8 Å². The van der Waals surface area contributed by atoms with Crippen LogP contribution in [0, 0.1) is 0 Å². The quantitative estimate of drug-likeness (QED) is 0.188. The molecule has 0 radical (unpaired) electrons. The number of nitrogens with zero attached hydrogens (tertiary/aromatic N) is 1. The van der Waals surface area contributed by atoms with E-state index in [1.807, 2.05) is 6.20 Å². The van der Waals surface area contributed by atoms with E-state index in [0.29, 0.717) is 0 Å². The van der Waals surface area contributed by atoms with Crippen LogP contribution >= 0.6 is 0 Å². The smallest absolute Gasteiger partial charge is 0.119 e. The largest absolute Gasteiger partial charge is 0.494 e. The molecule has 0 atom stereocenters. The Balaban J connectivity index is 1.59. The predicted molar refractivity (Wildman–Crippen MR) is 141 cm³/mol. The number of pyridine rings is 1. The van der Waals surface area contributed by atoms with E-state index in [1.165, 1.54) is 76.2 Å². The molecule has 0 N–H and O–H groups in total. The van der Waals surface area contributed by atoms with E-state index >= 15 is 0 Å². The monoisotopic (exact) mass is 453 g/mol. The van der Waals surface area contributed by atoms with Crippen LogP contribution in [-0.4, -0.2) is 24.8 Å². The number of aryl methyl sites for hydroxylation is 1. The van der Waals surface area contributed by atoms with Gasteiger partial charge in [0.2, 0.25) is 0 Å². The number of benzene rings is 1. The summed E-state index contributed by atoms with van der Waals surface area (Å²) in [6, 6.07) is 12.7. The van der Waals surface area contributed by atoms with E-state index in [4.69, 9.17) is 9.47 Å². The Labute approximate surface area is 203 Å². The van der Waals surface area contributed by atoms with Crippen LogP contribution in [0.2, 0.25) is 0 Å². The minimum Gasteiger partial charge on any atom is -0.494 e. The number of hydrogen-bond donors (Lipinski definition) is 0. The molecule has 0 aliphatic heterocycles. The molecule has 1 aromatic carbocycles. The van der Waals surface area contributed by atoms with E-state index in [2.05, 4.69) is 55.2 Å². The predicted octanol–water partition coefficient (Wildman–Crippen LogP) is 8.80. The number of ether oxygens (including phenoxy) is 2. The summed E-state index contributed by atoms with van der Waals surface area (Å²) in [5.74, 6) is 0.951. The molecule has 0 saturated heterocycles. The molecule has 0 spiro atoms. The molecule has 0 unspecified atom stereocenters. The highest BCUT2D eigenvalue weighted by atomic mass is 16.5. The van der Waals surface area contributed by atoms with Gasteiger partial charge in [-0.15, -0.1) is 0 Å². The fraction of sp³-hybridized carbons (Fsp3) is 0.633. The summed E-state index contributed by atoms with van der Waals surface area (Å²) in [7, 11) is 0. The normalized spacial score (nSPS) is 11.1. The lowest BCUT2D eigenvalue weighted by molar-refractivity contribution is 0.127. The molecular formula is C30H47NO2. The van der Waals surface area contributed by atoms with Gasteiger partial charge in [0.25, 0.3) is 0 Å². The molecular weight excluding hydrogens is 406 g/mol. The Morgan fingerprint density at radius 1 is 0.606 bits per heavy atom. The molecule has 0 amide bonds. The van der Waals surface area contributed by atoms with Gasteiger partial charge in [-0.3, -0.25) is 4.98 Å². The van der Waals surface area contributed by atoms with E-state index in [0.717, 1.165) is 56.1 Å². The molecule has 184 valence electrons. The van der Waals surface area contributed by atoms with Crippen molar-refractivity contribution >= 4 is 0 Å². The first-order chi connectivity index (χ1) is 16.3. The van der Waals surface area contributed by atoms with Crippen molar-refractivity contribution in [1.82, 2.24) is 4.98 Å². The van der Waals surface area contributed by atoms with E-state index in [-0.39, 0.29) is 0 Å². The highest BCUT2D eigenvalue weighted by Gasteiger charge is 2.02. The van der Waals surface area contributed by atoms with Gasteiger partial charge >= 0.3 is 0 Å². The lowest BCUT2D eigenvalue weighted by atomic mass is 10.1. The SMILES string of the molecule is CCCCCCCCCOc1ccc(-c2ccc(CCCOCCCCCCC)cn2)cc1. The van der Waals surface area contributed by atoms with Gasteiger partial charge in [0.05, 0.1) is 12.3 Å². The van der Waals surface area contributed by atoms with Gasteiger partial charge in [-0.05, 0) is 61.6 Å². The third-order valence-corrected chi connectivity index (χ3v) is 6.14. The summed E-state index contributed by atoms with van der Waals surface area (Å²) in [6.45, 7) is 7.07. The number of hydrogen-bond acceptors (Lipinski definition) is 3. The minimum atomic E-state index is 0.808. The standard InChI is InChI=1S/C30H47NO2/c1-3-5-7-9-10-12-14-25-33-29-20-18-28(19-21-29)30-22-17-27(26-31-30)16-15-24-32-23-13-11-8-6-4-2/h17-22,26H,3-16,23-25H2,1-2H3. The fourth-order valence-corrected chi connectivity index (χ4v) is 4.00. The zero-order valence-electron chi connectivity index (χ0n) is 21.3. The molecule has 0 aliphatic carbocycles. The van der Waals surface area contributed by atoms with Crippen LogP contribution in [0.1, 0.15) is 103 Å². The lowest BCUT2D eigenvalue weighted by Crippen LogP contribution is -1.99. The summed E-state index contributed by atoms with van der Waals surface area (Å²) >= 11 is 0. The Hall–Kier alpha value is -1.87. The first-order valence-electron chi connectivity index (χ1n) is 13.6. The highest BCUT2D eigenvalue weighted by molar-refractivity contribution is 5.60. The minimum absolute atomic E-state index is 0.808. The summed E-state index contributed by atoms with van der Waals surface area (Å²) < 4.78 is 11.7. The first kappa shape index (κ1) is 27.4. The molecule has 2 rings (SSSR count). The third kappa shape index (κ3) is 12.8. The third-order valence-electron chi connectivity index (χ3n) is 6.14. The number of rotatable bonds is 20. The second-order valence-electron chi connectivity index (χ2n) is 9.18. The average molecular weight is 454 g/mol. The van der Waals surface area contributed by atoms with Crippen LogP contribution in [0.5, 0.6) is 5.75 Å². The maximum absolute atomic E-state index is 5.91. The Morgan fingerprint density at radius 2 is 1.21 bits per heavy atom. The lowest BCUT2D eigenvalue weighted by Gasteiger charge is -2.08. The van der Waals surface area contributed by atoms with Gasteiger partial charge in [0, 0.05) is 25.0 Å². The fourth-order valence-electron chi connectivity index (χ4n) is 4.00. The zero-order chi connectivity index (χ0) is 23.4. The van der Waals surface area contributed by atoms with Crippen LogP contribution in [0.15, 0.2) is 42.6 Å². The van der Waals surface area contributed by atoms with Crippen LogP contribution in [0.3, 0.4) is 0 Å². The van der Waals surface area contributed by atoms with Gasteiger partial charge in [0.1, 0.15) is 5.75 Å². The molecule has 2 aromatic rings. The van der Waals surface area contributed by atoms with Crippen molar-refractivity contribution in [2.45, 2.75) is 104 Å². The topological polar surface area (TPSA) is 31.4 Å². The Kier molecular flexibility index (Phi) is 15.4. The Bertz CT molecular complexity index is 696. The molecule has 1 heterocycles. The van der Waals surface area contributed by atoms with Gasteiger partial charge in [-0.1, -0.05) is 84.1 Å². The van der Waals surface area contributed by atoms with Crippen molar-refractivity contribution in [3.63, 3.8) is 0 Å². The summed E-state index contributed by atoms with van der Waals surface area (Å²) in [4.78, 5) is 4.67.